The molecule has 1 aliphatic rings. The largest absolute Gasteiger partial charge is 0.382 e. The molecule has 0 radical (unpaired) electrons. The standard InChI is InChI=1S/C20H25N5/c1-2-21-19-8-5-9-22-20(19)25-12-10-24(11-13-25)15-16-14-23-18-7-4-3-6-17(16)18/h3-9,14,21,23H,2,10-13,15H2,1H3. The molecule has 1 fully saturated rings. The topological polar surface area (TPSA) is 47.2 Å². The second-order valence-corrected chi connectivity index (χ2v) is 6.53. The Morgan fingerprint density at radius 2 is 1.92 bits per heavy atom. The minimum Gasteiger partial charge on any atom is -0.382 e. The lowest BCUT2D eigenvalue weighted by molar-refractivity contribution is 0.250. The minimum atomic E-state index is 0.916. The number of para-hydroxylation sites is 1. The van der Waals surface area contributed by atoms with Crippen LogP contribution in [0.3, 0.4) is 0 Å². The molecular weight excluding hydrogens is 310 g/mol. The maximum atomic E-state index is 4.60. The van der Waals surface area contributed by atoms with E-state index < -0.39 is 0 Å². The van der Waals surface area contributed by atoms with E-state index in [0.29, 0.717) is 0 Å². The third-order valence-corrected chi connectivity index (χ3v) is 4.89. The number of nitrogens with zero attached hydrogens (tertiary/aromatic N) is 3. The summed E-state index contributed by atoms with van der Waals surface area (Å²) in [4.78, 5) is 12.9. The molecule has 1 saturated heterocycles. The van der Waals surface area contributed by atoms with Gasteiger partial charge in [0.05, 0.1) is 5.69 Å². The van der Waals surface area contributed by atoms with E-state index in [2.05, 4.69) is 68.5 Å². The van der Waals surface area contributed by atoms with Crippen LogP contribution < -0.4 is 10.2 Å². The number of H-pyrrole nitrogens is 1. The molecule has 4 rings (SSSR count). The van der Waals surface area contributed by atoms with Gasteiger partial charge in [-0.15, -0.1) is 0 Å². The third kappa shape index (κ3) is 3.33. The summed E-state index contributed by atoms with van der Waals surface area (Å²) in [5.41, 5.74) is 3.74. The van der Waals surface area contributed by atoms with Gasteiger partial charge in [0, 0.05) is 62.6 Å². The fourth-order valence-electron chi connectivity index (χ4n) is 3.60. The van der Waals surface area contributed by atoms with Gasteiger partial charge in [0.15, 0.2) is 5.82 Å². The van der Waals surface area contributed by atoms with E-state index in [1.165, 1.54) is 16.5 Å². The highest BCUT2D eigenvalue weighted by Crippen LogP contribution is 2.25. The fourth-order valence-corrected chi connectivity index (χ4v) is 3.60. The first-order valence-electron chi connectivity index (χ1n) is 9.06. The Kier molecular flexibility index (Phi) is 4.57. The third-order valence-electron chi connectivity index (χ3n) is 4.89. The summed E-state index contributed by atoms with van der Waals surface area (Å²) in [5, 5.41) is 4.76. The summed E-state index contributed by atoms with van der Waals surface area (Å²) < 4.78 is 0. The number of aromatic amines is 1. The molecule has 2 aromatic heterocycles. The van der Waals surface area contributed by atoms with Crippen molar-refractivity contribution in [1.82, 2.24) is 14.9 Å². The predicted molar refractivity (Wildman–Crippen MR) is 104 cm³/mol. The van der Waals surface area contributed by atoms with Crippen molar-refractivity contribution >= 4 is 22.4 Å². The number of piperazine rings is 1. The van der Waals surface area contributed by atoms with E-state index in [1.54, 1.807) is 0 Å². The zero-order valence-electron chi connectivity index (χ0n) is 14.7. The summed E-state index contributed by atoms with van der Waals surface area (Å²) in [7, 11) is 0. The van der Waals surface area contributed by atoms with Crippen LogP contribution in [0.5, 0.6) is 0 Å². The van der Waals surface area contributed by atoms with Gasteiger partial charge in [-0.05, 0) is 30.7 Å². The maximum absolute atomic E-state index is 4.60. The van der Waals surface area contributed by atoms with Crippen molar-refractivity contribution in [1.29, 1.82) is 0 Å². The van der Waals surface area contributed by atoms with E-state index in [9.17, 15) is 0 Å². The lowest BCUT2D eigenvalue weighted by atomic mass is 10.1. The van der Waals surface area contributed by atoms with Crippen LogP contribution in [0.25, 0.3) is 10.9 Å². The molecule has 0 atom stereocenters. The number of fused-ring (bicyclic) bond motifs is 1. The lowest BCUT2D eigenvalue weighted by Gasteiger charge is -2.36. The number of rotatable bonds is 5. The number of anilines is 2. The Morgan fingerprint density at radius 3 is 2.76 bits per heavy atom. The van der Waals surface area contributed by atoms with Gasteiger partial charge in [-0.2, -0.15) is 0 Å². The monoisotopic (exact) mass is 335 g/mol. The number of aromatic nitrogens is 2. The summed E-state index contributed by atoms with van der Waals surface area (Å²) in [6.07, 6.45) is 4.04. The summed E-state index contributed by atoms with van der Waals surface area (Å²) in [6, 6.07) is 12.6. The number of nitrogens with one attached hydrogen (secondary N) is 2. The molecule has 0 aliphatic carbocycles. The smallest absolute Gasteiger partial charge is 0.152 e. The van der Waals surface area contributed by atoms with Crippen LogP contribution in [-0.4, -0.2) is 47.6 Å². The molecule has 0 saturated carbocycles. The molecular formula is C20H25N5. The first-order valence-corrected chi connectivity index (χ1v) is 9.06. The second-order valence-electron chi connectivity index (χ2n) is 6.53. The summed E-state index contributed by atoms with van der Waals surface area (Å²) >= 11 is 0. The van der Waals surface area contributed by atoms with Gasteiger partial charge in [-0.25, -0.2) is 4.98 Å². The molecule has 130 valence electrons. The van der Waals surface area contributed by atoms with Gasteiger partial charge in [0.2, 0.25) is 0 Å². The molecule has 1 aliphatic heterocycles. The van der Waals surface area contributed by atoms with Crippen molar-refractivity contribution in [2.75, 3.05) is 42.9 Å². The first kappa shape index (κ1) is 16.0. The van der Waals surface area contributed by atoms with Crippen LogP contribution in [-0.2, 0) is 6.54 Å². The maximum Gasteiger partial charge on any atom is 0.152 e. The molecule has 5 nitrogen and oxygen atoms in total. The van der Waals surface area contributed by atoms with Crippen molar-refractivity contribution in [2.45, 2.75) is 13.5 Å². The molecule has 3 heterocycles. The van der Waals surface area contributed by atoms with E-state index >= 15 is 0 Å². The minimum absolute atomic E-state index is 0.916. The van der Waals surface area contributed by atoms with Crippen molar-refractivity contribution in [3.63, 3.8) is 0 Å². The zero-order valence-corrected chi connectivity index (χ0v) is 14.7. The van der Waals surface area contributed by atoms with Crippen molar-refractivity contribution in [3.05, 3.63) is 54.4 Å². The van der Waals surface area contributed by atoms with Gasteiger partial charge < -0.3 is 15.2 Å². The number of benzene rings is 1. The lowest BCUT2D eigenvalue weighted by Crippen LogP contribution is -2.46. The van der Waals surface area contributed by atoms with E-state index in [4.69, 9.17) is 0 Å². The van der Waals surface area contributed by atoms with E-state index in [1.807, 2.05) is 12.3 Å². The van der Waals surface area contributed by atoms with E-state index in [-0.39, 0.29) is 0 Å². The molecule has 25 heavy (non-hydrogen) atoms. The highest BCUT2D eigenvalue weighted by molar-refractivity contribution is 5.83. The first-order chi connectivity index (χ1) is 12.3. The molecule has 0 unspecified atom stereocenters. The SMILES string of the molecule is CCNc1cccnc1N1CCN(Cc2c[nH]c3ccccc23)CC1. The molecule has 2 N–H and O–H groups in total. The van der Waals surface area contributed by atoms with Crippen LogP contribution in [0.4, 0.5) is 11.5 Å². The van der Waals surface area contributed by atoms with Gasteiger partial charge >= 0.3 is 0 Å². The highest BCUT2D eigenvalue weighted by atomic mass is 15.3. The van der Waals surface area contributed by atoms with Gasteiger partial charge in [-0.1, -0.05) is 18.2 Å². The Morgan fingerprint density at radius 1 is 1.08 bits per heavy atom. The van der Waals surface area contributed by atoms with Crippen molar-refractivity contribution < 1.29 is 0 Å². The predicted octanol–water partition coefficient (Wildman–Crippen LogP) is 3.32. The summed E-state index contributed by atoms with van der Waals surface area (Å²) in [6.45, 7) is 8.17. The summed E-state index contributed by atoms with van der Waals surface area (Å²) in [5.74, 6) is 1.08. The highest BCUT2D eigenvalue weighted by Gasteiger charge is 2.20. The molecule has 5 heteroatoms. The van der Waals surface area contributed by atoms with Crippen LogP contribution in [0, 0.1) is 0 Å². The molecule has 0 amide bonds. The van der Waals surface area contributed by atoms with Crippen LogP contribution in [0.2, 0.25) is 0 Å². The van der Waals surface area contributed by atoms with Crippen LogP contribution >= 0.6 is 0 Å². The Bertz CT molecular complexity index is 833. The average molecular weight is 335 g/mol. The van der Waals surface area contributed by atoms with E-state index in [0.717, 1.165) is 50.8 Å². The molecule has 3 aromatic rings. The molecule has 0 bridgehead atoms. The quantitative estimate of drug-likeness (QED) is 0.751. The van der Waals surface area contributed by atoms with Crippen LogP contribution in [0.1, 0.15) is 12.5 Å². The van der Waals surface area contributed by atoms with Gasteiger partial charge in [-0.3, -0.25) is 4.90 Å². The normalized spacial score (nSPS) is 15.6. The zero-order chi connectivity index (χ0) is 17.1. The molecule has 0 spiro atoms. The number of hydrogen-bond acceptors (Lipinski definition) is 4. The number of pyridine rings is 1. The van der Waals surface area contributed by atoms with Crippen molar-refractivity contribution in [2.24, 2.45) is 0 Å². The Labute approximate surface area is 148 Å². The average Bonchev–Trinajstić information content (AvgIpc) is 3.06. The number of hydrogen-bond donors (Lipinski definition) is 2. The fraction of sp³-hybridized carbons (Fsp3) is 0.350. The van der Waals surface area contributed by atoms with Gasteiger partial charge in [0.25, 0.3) is 0 Å². The Balaban J connectivity index is 1.42. The van der Waals surface area contributed by atoms with Gasteiger partial charge in [0.1, 0.15) is 0 Å². The molecule has 1 aromatic carbocycles. The Hall–Kier alpha value is -2.53. The van der Waals surface area contributed by atoms with Crippen molar-refractivity contribution in [3.8, 4) is 0 Å². The second kappa shape index (κ2) is 7.15. The van der Waals surface area contributed by atoms with Crippen LogP contribution in [0.15, 0.2) is 48.8 Å².